The van der Waals surface area contributed by atoms with E-state index in [1.165, 1.54) is 29.7 Å². The van der Waals surface area contributed by atoms with Crippen molar-refractivity contribution in [3.8, 4) is 5.75 Å². The smallest absolute Gasteiger partial charge is 0.123 e. The highest BCUT2D eigenvalue weighted by Gasteiger charge is 2.20. The van der Waals surface area contributed by atoms with Gasteiger partial charge >= 0.3 is 0 Å². The van der Waals surface area contributed by atoms with Crippen molar-refractivity contribution in [3.63, 3.8) is 0 Å². The molecule has 112 valence electrons. The van der Waals surface area contributed by atoms with E-state index in [0.717, 1.165) is 22.1 Å². The minimum Gasteiger partial charge on any atom is -0.496 e. The van der Waals surface area contributed by atoms with Crippen LogP contribution in [-0.2, 0) is 23.1 Å². The Balaban J connectivity index is 1.74. The molecule has 1 fully saturated rings. The predicted molar refractivity (Wildman–Crippen MR) is 87.3 cm³/mol. The molecule has 0 aliphatic heterocycles. The van der Waals surface area contributed by atoms with E-state index < -0.39 is 10.8 Å². The third kappa shape index (κ3) is 3.93. The summed E-state index contributed by atoms with van der Waals surface area (Å²) in [5, 5.41) is 5.46. The molecule has 1 N–H and O–H groups in total. The Kier molecular flexibility index (Phi) is 4.73. The molecule has 0 bridgehead atoms. The highest BCUT2D eigenvalue weighted by Crippen LogP contribution is 2.26. The molecule has 1 aliphatic carbocycles. The second-order valence-electron chi connectivity index (χ2n) is 5.22. The van der Waals surface area contributed by atoms with E-state index in [9.17, 15) is 4.21 Å². The lowest BCUT2D eigenvalue weighted by atomic mass is 10.1. The summed E-state index contributed by atoms with van der Waals surface area (Å²) in [6, 6.07) is 10.7. The molecule has 0 radical (unpaired) electrons. The molecule has 1 unspecified atom stereocenters. The van der Waals surface area contributed by atoms with Gasteiger partial charge in [-0.3, -0.25) is 4.21 Å². The molecule has 3 rings (SSSR count). The first kappa shape index (κ1) is 14.8. The highest BCUT2D eigenvalue weighted by atomic mass is 32.2. The zero-order chi connectivity index (χ0) is 14.7. The number of thiophene rings is 1. The Morgan fingerprint density at radius 1 is 1.38 bits per heavy atom. The van der Waals surface area contributed by atoms with Crippen LogP contribution in [0, 0.1) is 0 Å². The van der Waals surface area contributed by atoms with E-state index >= 15 is 0 Å². The van der Waals surface area contributed by atoms with Gasteiger partial charge in [-0.1, -0.05) is 12.1 Å². The molecule has 3 nitrogen and oxygen atoms in total. The molecule has 0 amide bonds. The molecule has 1 aromatic heterocycles. The Morgan fingerprint density at radius 2 is 2.24 bits per heavy atom. The molecule has 5 heteroatoms. The summed E-state index contributed by atoms with van der Waals surface area (Å²) >= 11 is 1.54. The molecule has 1 heterocycles. The molecule has 1 aromatic carbocycles. The quantitative estimate of drug-likeness (QED) is 0.850. The summed E-state index contributed by atoms with van der Waals surface area (Å²) in [4.78, 5) is 0. The largest absolute Gasteiger partial charge is 0.496 e. The second-order valence-corrected chi connectivity index (χ2v) is 7.85. The Hall–Kier alpha value is -1.17. The number of hydrogen-bond donors (Lipinski definition) is 1. The van der Waals surface area contributed by atoms with Gasteiger partial charge in [-0.05, 0) is 42.0 Å². The molecule has 0 saturated heterocycles. The van der Waals surface area contributed by atoms with Gasteiger partial charge in [0.05, 0.1) is 27.9 Å². The first-order valence-electron chi connectivity index (χ1n) is 7.07. The number of nitrogens with one attached hydrogen (secondary N) is 1. The zero-order valence-corrected chi connectivity index (χ0v) is 13.6. The Labute approximate surface area is 131 Å². The number of methoxy groups -OCH3 is 1. The van der Waals surface area contributed by atoms with Crippen molar-refractivity contribution in [1.29, 1.82) is 0 Å². The Bertz CT molecular complexity index is 621. The SMILES string of the molecule is COc1ccc(CNC2CC2)cc1CS(=O)c1cccs1. The van der Waals surface area contributed by atoms with Crippen LogP contribution in [0.2, 0.25) is 0 Å². The van der Waals surface area contributed by atoms with E-state index in [0.29, 0.717) is 11.8 Å². The van der Waals surface area contributed by atoms with Gasteiger partial charge in [0.25, 0.3) is 0 Å². The summed E-state index contributed by atoms with van der Waals surface area (Å²) in [6.45, 7) is 0.868. The molecule has 21 heavy (non-hydrogen) atoms. The maximum atomic E-state index is 12.4. The van der Waals surface area contributed by atoms with Crippen LogP contribution in [0.1, 0.15) is 24.0 Å². The average molecular weight is 321 g/mol. The minimum absolute atomic E-state index is 0.501. The molecule has 1 saturated carbocycles. The van der Waals surface area contributed by atoms with Crippen molar-refractivity contribution >= 4 is 22.1 Å². The van der Waals surface area contributed by atoms with Crippen LogP contribution in [0.15, 0.2) is 39.9 Å². The fraction of sp³-hybridized carbons (Fsp3) is 0.375. The van der Waals surface area contributed by atoms with Gasteiger partial charge in [0.1, 0.15) is 5.75 Å². The maximum Gasteiger partial charge on any atom is 0.123 e. The topological polar surface area (TPSA) is 38.3 Å². The molecular formula is C16H19NO2S2. The lowest BCUT2D eigenvalue weighted by Gasteiger charge is -2.11. The van der Waals surface area contributed by atoms with Crippen LogP contribution in [0.4, 0.5) is 0 Å². The normalized spacial score (nSPS) is 15.9. The summed E-state index contributed by atoms with van der Waals surface area (Å²) in [6.07, 6.45) is 2.57. The van der Waals surface area contributed by atoms with Gasteiger partial charge in [0, 0.05) is 18.2 Å². The highest BCUT2D eigenvalue weighted by molar-refractivity contribution is 7.86. The average Bonchev–Trinajstić information content (AvgIpc) is 3.16. The maximum absolute atomic E-state index is 12.4. The first-order chi connectivity index (χ1) is 10.3. The van der Waals surface area contributed by atoms with Crippen LogP contribution >= 0.6 is 11.3 Å². The minimum atomic E-state index is -1.01. The molecule has 1 aliphatic rings. The third-order valence-corrected chi connectivity index (χ3v) is 6.19. The fourth-order valence-electron chi connectivity index (χ4n) is 2.21. The zero-order valence-electron chi connectivity index (χ0n) is 12.0. The lowest BCUT2D eigenvalue weighted by molar-refractivity contribution is 0.411. The fourth-order valence-corrected chi connectivity index (χ4v) is 4.31. The van der Waals surface area contributed by atoms with E-state index in [-0.39, 0.29) is 0 Å². The summed E-state index contributed by atoms with van der Waals surface area (Å²) in [5.74, 6) is 1.32. The van der Waals surface area contributed by atoms with Crippen molar-refractivity contribution in [2.24, 2.45) is 0 Å². The molecule has 0 spiro atoms. The molecular weight excluding hydrogens is 302 g/mol. The first-order valence-corrected chi connectivity index (χ1v) is 9.27. The van der Waals surface area contributed by atoms with Crippen LogP contribution in [0.25, 0.3) is 0 Å². The molecule has 2 aromatic rings. The van der Waals surface area contributed by atoms with Crippen molar-refractivity contribution in [3.05, 3.63) is 46.8 Å². The Morgan fingerprint density at radius 3 is 2.90 bits per heavy atom. The monoisotopic (exact) mass is 321 g/mol. The summed E-state index contributed by atoms with van der Waals surface area (Å²) < 4.78 is 18.7. The van der Waals surface area contributed by atoms with Crippen LogP contribution < -0.4 is 10.1 Å². The van der Waals surface area contributed by atoms with E-state index in [2.05, 4.69) is 17.4 Å². The predicted octanol–water partition coefficient (Wildman–Crippen LogP) is 3.32. The van der Waals surface area contributed by atoms with Crippen molar-refractivity contribution in [2.75, 3.05) is 7.11 Å². The van der Waals surface area contributed by atoms with Crippen LogP contribution in [-0.4, -0.2) is 17.4 Å². The van der Waals surface area contributed by atoms with Crippen molar-refractivity contribution < 1.29 is 8.95 Å². The van der Waals surface area contributed by atoms with Crippen LogP contribution in [0.5, 0.6) is 5.75 Å². The van der Waals surface area contributed by atoms with Gasteiger partial charge in [-0.2, -0.15) is 0 Å². The van der Waals surface area contributed by atoms with Gasteiger partial charge in [0.2, 0.25) is 0 Å². The standard InChI is InChI=1S/C16H19NO2S2/c1-19-15-7-4-12(10-17-14-5-6-14)9-13(15)11-21(18)16-3-2-8-20-16/h2-4,7-9,14,17H,5-6,10-11H2,1H3. The third-order valence-electron chi connectivity index (χ3n) is 3.52. The second kappa shape index (κ2) is 6.73. The van der Waals surface area contributed by atoms with E-state index in [1.807, 2.05) is 23.6 Å². The summed E-state index contributed by atoms with van der Waals surface area (Å²) in [5.41, 5.74) is 2.24. The van der Waals surface area contributed by atoms with Gasteiger partial charge in [0.15, 0.2) is 0 Å². The van der Waals surface area contributed by atoms with Crippen molar-refractivity contribution in [2.45, 2.75) is 35.4 Å². The van der Waals surface area contributed by atoms with Gasteiger partial charge in [-0.25, -0.2) is 0 Å². The number of hydrogen-bond acceptors (Lipinski definition) is 4. The van der Waals surface area contributed by atoms with Gasteiger partial charge < -0.3 is 10.1 Å². The van der Waals surface area contributed by atoms with E-state index in [1.54, 1.807) is 7.11 Å². The van der Waals surface area contributed by atoms with Crippen LogP contribution in [0.3, 0.4) is 0 Å². The molecule has 1 atom stereocenters. The van der Waals surface area contributed by atoms with Crippen molar-refractivity contribution in [1.82, 2.24) is 5.32 Å². The number of ether oxygens (including phenoxy) is 1. The number of rotatable bonds is 7. The van der Waals surface area contributed by atoms with E-state index in [4.69, 9.17) is 4.74 Å². The number of benzene rings is 1. The van der Waals surface area contributed by atoms with Gasteiger partial charge in [-0.15, -0.1) is 11.3 Å². The summed E-state index contributed by atoms with van der Waals surface area (Å²) in [7, 11) is 0.656. The lowest BCUT2D eigenvalue weighted by Crippen LogP contribution is -2.15.